The Kier molecular flexibility index (Phi) is 10.3. The van der Waals surface area contributed by atoms with Crippen molar-refractivity contribution in [1.29, 1.82) is 0 Å². The summed E-state index contributed by atoms with van der Waals surface area (Å²) >= 11 is 0. The van der Waals surface area contributed by atoms with Crippen LogP contribution in [0.3, 0.4) is 0 Å². The summed E-state index contributed by atoms with van der Waals surface area (Å²) in [6, 6.07) is 2.37. The molecule has 1 aromatic carbocycles. The molecule has 4 atom stereocenters. The summed E-state index contributed by atoms with van der Waals surface area (Å²) in [5.74, 6) is -2.59. The van der Waals surface area contributed by atoms with Crippen molar-refractivity contribution < 1.29 is 29.4 Å². The van der Waals surface area contributed by atoms with E-state index in [0.717, 1.165) is 6.42 Å². The molecule has 4 unspecified atom stereocenters. The third kappa shape index (κ3) is 7.70. The quantitative estimate of drug-likeness (QED) is 0.216. The molecule has 1 aliphatic heterocycles. The third-order valence-electron chi connectivity index (χ3n) is 5.86. The van der Waals surface area contributed by atoms with Crippen molar-refractivity contribution in [1.82, 2.24) is 15.5 Å². The molecule has 8 N–H and O–H groups in total. The van der Waals surface area contributed by atoms with E-state index >= 15 is 0 Å². The van der Waals surface area contributed by atoms with Gasteiger partial charge < -0.3 is 37.2 Å². The topological polar surface area (TPSA) is 188 Å². The van der Waals surface area contributed by atoms with E-state index < -0.39 is 47.9 Å². The van der Waals surface area contributed by atoms with Gasteiger partial charge in [0.2, 0.25) is 17.7 Å². The number of carboxylic acid groups (broad SMARTS) is 1. The van der Waals surface area contributed by atoms with Crippen molar-refractivity contribution in [3.05, 3.63) is 29.8 Å². The lowest BCUT2D eigenvalue weighted by Crippen LogP contribution is -2.56. The maximum atomic E-state index is 13.0. The second-order valence-electron chi connectivity index (χ2n) is 8.58. The van der Waals surface area contributed by atoms with Gasteiger partial charge in [0.15, 0.2) is 0 Å². The first-order valence-electron chi connectivity index (χ1n) is 11.5. The molecule has 0 bridgehead atoms. The molecule has 1 aromatic rings. The van der Waals surface area contributed by atoms with Crippen LogP contribution in [0.1, 0.15) is 44.6 Å². The van der Waals surface area contributed by atoms with Gasteiger partial charge in [-0.05, 0) is 56.8 Å². The molecule has 1 saturated heterocycles. The number of carboxylic acids is 1. The normalized spacial score (nSPS) is 18.1. The average Bonchev–Trinajstić information content (AvgIpc) is 3.29. The standard InChI is InChI=1S/C23H35N5O6/c1-14(26-20(30)17(25)5-2-3-11-24)22(32)28-12-4-6-19(28)21(31)27-18(23(33)34)13-15-7-9-16(29)10-8-15/h7-10,14,17-19,29H,2-6,11-13,24-25H2,1H3,(H,26,30)(H,27,31)(H,33,34). The van der Waals surface area contributed by atoms with Crippen LogP contribution < -0.4 is 22.1 Å². The number of rotatable bonds is 12. The largest absolute Gasteiger partial charge is 0.508 e. The first-order chi connectivity index (χ1) is 16.1. The highest BCUT2D eigenvalue weighted by Gasteiger charge is 2.38. The number of nitrogens with zero attached hydrogens (tertiary/aromatic N) is 1. The molecule has 11 nitrogen and oxygen atoms in total. The highest BCUT2D eigenvalue weighted by molar-refractivity contribution is 5.94. The van der Waals surface area contributed by atoms with Gasteiger partial charge in [-0.1, -0.05) is 18.6 Å². The molecule has 0 saturated carbocycles. The number of phenols is 1. The number of hydrogen-bond donors (Lipinski definition) is 6. The van der Waals surface area contributed by atoms with Crippen molar-refractivity contribution in [2.75, 3.05) is 13.1 Å². The molecular weight excluding hydrogens is 442 g/mol. The van der Waals surface area contributed by atoms with Gasteiger partial charge in [0.1, 0.15) is 23.9 Å². The second kappa shape index (κ2) is 12.9. The number of nitrogens with two attached hydrogens (primary N) is 2. The summed E-state index contributed by atoms with van der Waals surface area (Å²) in [7, 11) is 0. The van der Waals surface area contributed by atoms with Crippen LogP contribution in [-0.2, 0) is 25.6 Å². The monoisotopic (exact) mass is 477 g/mol. The number of carbonyl (C=O) groups is 4. The van der Waals surface area contributed by atoms with Gasteiger partial charge in [-0.3, -0.25) is 14.4 Å². The van der Waals surface area contributed by atoms with E-state index in [2.05, 4.69) is 10.6 Å². The van der Waals surface area contributed by atoms with Gasteiger partial charge >= 0.3 is 5.97 Å². The van der Waals surface area contributed by atoms with Crippen LogP contribution in [0, 0.1) is 0 Å². The Bertz CT molecular complexity index is 862. The van der Waals surface area contributed by atoms with Gasteiger partial charge in [0.25, 0.3) is 0 Å². The molecule has 0 spiro atoms. The Morgan fingerprint density at radius 2 is 1.82 bits per heavy atom. The number of benzene rings is 1. The summed E-state index contributed by atoms with van der Waals surface area (Å²) in [6.07, 6.45) is 2.91. The van der Waals surface area contributed by atoms with Crippen molar-refractivity contribution in [3.63, 3.8) is 0 Å². The first-order valence-corrected chi connectivity index (χ1v) is 11.5. The Balaban J connectivity index is 1.97. The average molecular weight is 478 g/mol. The third-order valence-corrected chi connectivity index (χ3v) is 5.86. The molecule has 1 fully saturated rings. The van der Waals surface area contributed by atoms with Crippen LogP contribution in [0.15, 0.2) is 24.3 Å². The number of carbonyl (C=O) groups excluding carboxylic acids is 3. The van der Waals surface area contributed by atoms with Crippen LogP contribution >= 0.6 is 0 Å². The maximum Gasteiger partial charge on any atom is 0.326 e. The number of hydrogen-bond acceptors (Lipinski definition) is 7. The summed E-state index contributed by atoms with van der Waals surface area (Å²) in [4.78, 5) is 51.2. The zero-order valence-electron chi connectivity index (χ0n) is 19.4. The van der Waals surface area contributed by atoms with Gasteiger partial charge in [-0.15, -0.1) is 0 Å². The van der Waals surface area contributed by atoms with E-state index in [1.807, 2.05) is 0 Å². The molecular formula is C23H35N5O6. The number of unbranched alkanes of at least 4 members (excludes halogenated alkanes) is 1. The SMILES string of the molecule is CC(NC(=O)C(N)CCCCN)C(=O)N1CCCC1C(=O)NC(Cc1ccc(O)cc1)C(=O)O. The van der Waals surface area contributed by atoms with E-state index in [1.54, 1.807) is 12.1 Å². The van der Waals surface area contributed by atoms with Gasteiger partial charge in [-0.2, -0.15) is 0 Å². The highest BCUT2D eigenvalue weighted by atomic mass is 16.4. The highest BCUT2D eigenvalue weighted by Crippen LogP contribution is 2.19. The fraction of sp³-hybridized carbons (Fsp3) is 0.565. The summed E-state index contributed by atoms with van der Waals surface area (Å²) in [5, 5.41) is 24.1. The van der Waals surface area contributed by atoms with Gasteiger partial charge in [-0.25, -0.2) is 4.79 Å². The summed E-state index contributed by atoms with van der Waals surface area (Å²) in [6.45, 7) is 2.37. The molecule has 0 radical (unpaired) electrons. The van der Waals surface area contributed by atoms with Crippen LogP contribution in [0.2, 0.25) is 0 Å². The molecule has 2 rings (SSSR count). The predicted octanol–water partition coefficient (Wildman–Crippen LogP) is -0.544. The van der Waals surface area contributed by atoms with Crippen LogP contribution in [0.25, 0.3) is 0 Å². The van der Waals surface area contributed by atoms with E-state index in [9.17, 15) is 29.4 Å². The number of nitrogens with one attached hydrogen (secondary N) is 2. The Labute approximate surface area is 198 Å². The molecule has 1 heterocycles. The number of phenolic OH excluding ortho intramolecular Hbond substituents is 1. The molecule has 0 aliphatic carbocycles. The molecule has 1 aliphatic rings. The second-order valence-corrected chi connectivity index (χ2v) is 8.58. The minimum atomic E-state index is -1.21. The maximum absolute atomic E-state index is 13.0. The van der Waals surface area contributed by atoms with E-state index in [-0.39, 0.29) is 12.2 Å². The van der Waals surface area contributed by atoms with E-state index in [0.29, 0.717) is 44.3 Å². The lowest BCUT2D eigenvalue weighted by molar-refractivity contribution is -0.144. The van der Waals surface area contributed by atoms with E-state index in [1.165, 1.54) is 24.0 Å². The number of amides is 3. The lowest BCUT2D eigenvalue weighted by atomic mass is 10.0. The van der Waals surface area contributed by atoms with Crippen LogP contribution in [-0.4, -0.2) is 76.1 Å². The van der Waals surface area contributed by atoms with Crippen molar-refractivity contribution in [2.45, 2.75) is 69.6 Å². The smallest absolute Gasteiger partial charge is 0.326 e. The van der Waals surface area contributed by atoms with Gasteiger partial charge in [0, 0.05) is 13.0 Å². The zero-order valence-corrected chi connectivity index (χ0v) is 19.4. The fourth-order valence-electron chi connectivity index (χ4n) is 3.91. The molecule has 34 heavy (non-hydrogen) atoms. The van der Waals surface area contributed by atoms with Crippen LogP contribution in [0.5, 0.6) is 5.75 Å². The molecule has 3 amide bonds. The minimum Gasteiger partial charge on any atom is -0.508 e. The number of aromatic hydroxyl groups is 1. The first kappa shape index (κ1) is 27.1. The number of aliphatic carboxylic acids is 1. The lowest BCUT2D eigenvalue weighted by Gasteiger charge is -2.28. The molecule has 188 valence electrons. The Hall–Kier alpha value is -3.18. The minimum absolute atomic E-state index is 0.0243. The Morgan fingerprint density at radius 3 is 2.44 bits per heavy atom. The number of likely N-dealkylation sites (tertiary alicyclic amines) is 1. The fourth-order valence-corrected chi connectivity index (χ4v) is 3.91. The summed E-state index contributed by atoms with van der Waals surface area (Å²) in [5.41, 5.74) is 12.0. The van der Waals surface area contributed by atoms with Crippen molar-refractivity contribution in [2.24, 2.45) is 11.5 Å². The zero-order chi connectivity index (χ0) is 25.3. The summed E-state index contributed by atoms with van der Waals surface area (Å²) < 4.78 is 0. The van der Waals surface area contributed by atoms with E-state index in [4.69, 9.17) is 11.5 Å². The molecule has 11 heteroatoms. The molecule has 0 aromatic heterocycles. The van der Waals surface area contributed by atoms with Crippen molar-refractivity contribution >= 4 is 23.7 Å². The van der Waals surface area contributed by atoms with Gasteiger partial charge in [0.05, 0.1) is 6.04 Å². The Morgan fingerprint density at radius 1 is 1.15 bits per heavy atom. The van der Waals surface area contributed by atoms with Crippen LogP contribution in [0.4, 0.5) is 0 Å². The predicted molar refractivity (Wildman–Crippen MR) is 125 cm³/mol. The van der Waals surface area contributed by atoms with Crippen molar-refractivity contribution in [3.8, 4) is 5.75 Å².